The van der Waals surface area contributed by atoms with E-state index >= 15 is 0 Å². The van der Waals surface area contributed by atoms with E-state index in [4.69, 9.17) is 4.42 Å². The summed E-state index contributed by atoms with van der Waals surface area (Å²) in [5.41, 5.74) is 37.3. The van der Waals surface area contributed by atoms with Gasteiger partial charge in [0.25, 0.3) is 20.1 Å². The maximum Gasteiger partial charge on any atom is 0.256 e. The van der Waals surface area contributed by atoms with Gasteiger partial charge >= 0.3 is 0 Å². The van der Waals surface area contributed by atoms with Crippen LogP contribution in [0.4, 0.5) is 68.2 Å². The van der Waals surface area contributed by atoms with Gasteiger partial charge in [0.2, 0.25) is 6.71 Å². The van der Waals surface area contributed by atoms with Crippen LogP contribution in [0.2, 0.25) is 0 Å². The Morgan fingerprint density at radius 2 is 0.714 bits per heavy atom. The molecule has 7 aliphatic heterocycles. The van der Waals surface area contributed by atoms with Crippen LogP contribution in [0.25, 0.3) is 21.9 Å². The summed E-state index contributed by atoms with van der Waals surface area (Å²) < 4.78 is 7.26. The Labute approximate surface area is 492 Å². The van der Waals surface area contributed by atoms with Crippen molar-refractivity contribution in [3.8, 4) is 0 Å². The summed E-state index contributed by atoms with van der Waals surface area (Å²) in [7, 11) is 0. The Kier molecular flexibility index (Phi) is 9.38. The molecule has 0 radical (unpaired) electrons. The summed E-state index contributed by atoms with van der Waals surface area (Å²) in [6.45, 7) is 14.1. The summed E-state index contributed by atoms with van der Waals surface area (Å²) >= 11 is 0. The zero-order valence-electron chi connectivity index (χ0n) is 47.9. The molecule has 11 aromatic carbocycles. The largest absolute Gasteiger partial charge is 0.457 e. The van der Waals surface area contributed by atoms with E-state index in [1.54, 1.807) is 0 Å². The average molecular weight is 1070 g/mol. The molecule has 0 bridgehead atoms. The SMILES string of the molecule is CC(C)c1cc(C(C)C)c(B2c3ccccc3N(c3ccccc3)c3cc4c(cc32)B2c3ccccc3N3c5ccccc5B5c6c3c2c2c3c6N(c6ccccc6B3c3ccccc3N42)c2ccc3c(oc4ccccc43)c25)c(C(C)C)c1. The van der Waals surface area contributed by atoms with Crippen molar-refractivity contribution in [3.05, 3.63) is 229 Å². The first-order chi connectivity index (χ1) is 41.2. The van der Waals surface area contributed by atoms with E-state index in [1.807, 2.05) is 0 Å². The van der Waals surface area contributed by atoms with Crippen LogP contribution in [0.5, 0.6) is 0 Å². The summed E-state index contributed by atoms with van der Waals surface area (Å²) in [5.74, 6) is 1.02. The summed E-state index contributed by atoms with van der Waals surface area (Å²) in [4.78, 5) is 10.7. The first kappa shape index (κ1) is 47.2. The van der Waals surface area contributed by atoms with Gasteiger partial charge in [-0.25, -0.2) is 0 Å². The van der Waals surface area contributed by atoms with Crippen LogP contribution >= 0.6 is 0 Å². The molecule has 19 rings (SSSR count). The second kappa shape index (κ2) is 16.7. The third kappa shape index (κ3) is 5.80. The molecule has 8 heterocycles. The minimum atomic E-state index is -0.120. The molecule has 0 saturated heterocycles. The lowest BCUT2D eigenvalue weighted by molar-refractivity contribution is 0.671. The lowest BCUT2D eigenvalue weighted by Crippen LogP contribution is -2.75. The lowest BCUT2D eigenvalue weighted by atomic mass is 9.24. The molecule has 84 heavy (non-hydrogen) atoms. The van der Waals surface area contributed by atoms with Crippen molar-refractivity contribution < 1.29 is 4.42 Å². The van der Waals surface area contributed by atoms with Crippen LogP contribution < -0.4 is 85.2 Å². The van der Waals surface area contributed by atoms with Crippen LogP contribution in [0.15, 0.2) is 217 Å². The molecule has 0 saturated carbocycles. The summed E-state index contributed by atoms with van der Waals surface area (Å²) in [5, 5.41) is 2.31. The fourth-order valence-electron chi connectivity index (χ4n) is 17.1. The van der Waals surface area contributed by atoms with Gasteiger partial charge in [-0.1, -0.05) is 193 Å². The monoisotopic (exact) mass is 1070 g/mol. The third-order valence-corrected chi connectivity index (χ3v) is 20.4. The quantitative estimate of drug-likeness (QED) is 0.160. The maximum absolute atomic E-state index is 7.26. The van der Waals surface area contributed by atoms with Crippen molar-refractivity contribution in [2.24, 2.45) is 0 Å². The van der Waals surface area contributed by atoms with E-state index in [0.717, 1.165) is 27.6 Å². The number of furan rings is 1. The Morgan fingerprint density at radius 3 is 1.25 bits per heavy atom. The highest BCUT2D eigenvalue weighted by molar-refractivity contribution is 7.09. The number of hydrogen-bond donors (Lipinski definition) is 0. The van der Waals surface area contributed by atoms with Crippen LogP contribution in [-0.4, -0.2) is 26.9 Å². The molecule has 1 aromatic heterocycles. The smallest absolute Gasteiger partial charge is 0.256 e. The highest BCUT2D eigenvalue weighted by atomic mass is 16.3. The van der Waals surface area contributed by atoms with Crippen molar-refractivity contribution >= 4 is 183 Å². The van der Waals surface area contributed by atoms with E-state index in [2.05, 4.69) is 273 Å². The molecule has 7 aliphatic rings. The van der Waals surface area contributed by atoms with Gasteiger partial charge < -0.3 is 24.0 Å². The normalized spacial score (nSPS) is 14.7. The predicted molar refractivity (Wildman–Crippen MR) is 360 cm³/mol. The molecule has 0 unspecified atom stereocenters. The molecule has 0 N–H and O–H groups in total. The van der Waals surface area contributed by atoms with Gasteiger partial charge in [0, 0.05) is 79.0 Å². The topological polar surface area (TPSA) is 26.1 Å². The summed E-state index contributed by atoms with van der Waals surface area (Å²) in [6, 6.07) is 81.8. The van der Waals surface area contributed by atoms with Gasteiger partial charge in [0.15, 0.2) is 0 Å². The Hall–Kier alpha value is -9.32. The van der Waals surface area contributed by atoms with Crippen LogP contribution in [0, 0.1) is 0 Å². The molecule has 5 nitrogen and oxygen atoms in total. The summed E-state index contributed by atoms with van der Waals surface area (Å²) in [6.07, 6.45) is 0. The highest BCUT2D eigenvalue weighted by Crippen LogP contribution is 2.53. The van der Waals surface area contributed by atoms with E-state index in [1.165, 1.54) is 145 Å². The molecule has 12 aromatic rings. The van der Waals surface area contributed by atoms with Gasteiger partial charge in [-0.05, 0) is 161 Å². The number of nitrogens with zero attached hydrogens (tertiary/aromatic N) is 4. The van der Waals surface area contributed by atoms with Crippen LogP contribution in [0.1, 0.15) is 76.0 Å². The van der Waals surface area contributed by atoms with Gasteiger partial charge in [-0.15, -0.1) is 0 Å². The first-order valence-corrected chi connectivity index (χ1v) is 30.5. The average Bonchev–Trinajstić information content (AvgIpc) is 0.773. The fraction of sp³-hybridized carbons (Fsp3) is 0.120. The third-order valence-electron chi connectivity index (χ3n) is 20.4. The zero-order chi connectivity index (χ0) is 55.7. The number of benzene rings is 11. The van der Waals surface area contributed by atoms with Gasteiger partial charge in [-0.3, -0.25) is 0 Å². The molecular weight excluding hydrogens is 1020 g/mol. The molecule has 0 atom stereocenters. The van der Waals surface area contributed by atoms with Crippen molar-refractivity contribution in [3.63, 3.8) is 0 Å². The number of rotatable bonds is 5. The maximum atomic E-state index is 7.26. The van der Waals surface area contributed by atoms with Crippen LogP contribution in [-0.2, 0) is 0 Å². The van der Waals surface area contributed by atoms with E-state index < -0.39 is 0 Å². The molecule has 0 amide bonds. The Balaban J connectivity index is 0.993. The lowest BCUT2D eigenvalue weighted by Gasteiger charge is -2.55. The van der Waals surface area contributed by atoms with E-state index in [-0.39, 0.29) is 26.9 Å². The number of fused-ring (bicyclic) bond motifs is 24. The molecular formula is C75H56B4N4O. The predicted octanol–water partition coefficient (Wildman–Crippen LogP) is 11.1. The van der Waals surface area contributed by atoms with Crippen LogP contribution in [0.3, 0.4) is 0 Å². The molecule has 0 spiro atoms. The minimum Gasteiger partial charge on any atom is -0.457 e. The number of anilines is 12. The van der Waals surface area contributed by atoms with Crippen molar-refractivity contribution in [2.45, 2.75) is 59.3 Å². The molecule has 0 aliphatic carbocycles. The Morgan fingerprint density at radius 1 is 0.298 bits per heavy atom. The minimum absolute atomic E-state index is 0.0222. The number of para-hydroxylation sites is 7. The van der Waals surface area contributed by atoms with Gasteiger partial charge in [0.1, 0.15) is 11.2 Å². The van der Waals surface area contributed by atoms with Gasteiger partial charge in [0.05, 0.1) is 0 Å². The van der Waals surface area contributed by atoms with Crippen molar-refractivity contribution in [2.75, 3.05) is 19.6 Å². The zero-order valence-corrected chi connectivity index (χ0v) is 47.9. The van der Waals surface area contributed by atoms with Crippen molar-refractivity contribution in [1.29, 1.82) is 0 Å². The second-order valence-electron chi connectivity index (χ2n) is 25.5. The highest BCUT2D eigenvalue weighted by Gasteiger charge is 2.58. The second-order valence-corrected chi connectivity index (χ2v) is 25.5. The first-order valence-electron chi connectivity index (χ1n) is 30.5. The van der Waals surface area contributed by atoms with Crippen molar-refractivity contribution in [1.82, 2.24) is 0 Å². The Bertz CT molecular complexity index is 4900. The fourth-order valence-corrected chi connectivity index (χ4v) is 17.1. The van der Waals surface area contributed by atoms with E-state index in [0.29, 0.717) is 17.8 Å². The van der Waals surface area contributed by atoms with E-state index in [9.17, 15) is 0 Å². The molecule has 0 fully saturated rings. The number of hydrogen-bond acceptors (Lipinski definition) is 5. The standard InChI is InChI=1S/C75H56B4N4O/c1-42(2)45-38-49(43(3)4)67(50(39-45)44(5)6)77-51-25-11-16-30-58(51)80(46-22-8-7-9-23-46)64-41-65-57(40-56(64)77)78-54-28-14-17-31-59(54)81-62-34-20-15-29-55(62)79-68-63(37-36-48-47-24-10-21-35-66(47)84-75(48)68)82-60-32-18-12-26-52(60)76-53-27-13-19-33-61(53)83(65)72-69(76)74(82)71(79)73(81)70(72)78/h7-44H,1-6H3. The molecule has 9 heteroatoms. The molecule has 394 valence electrons. The van der Waals surface area contributed by atoms with Gasteiger partial charge in [-0.2, -0.15) is 0 Å².